The molecule has 6 heteroatoms. The molecule has 0 unspecified atom stereocenters. The Morgan fingerprint density at radius 3 is 2.67 bits per heavy atom. The lowest BCUT2D eigenvalue weighted by Gasteiger charge is -2.04. The molecule has 0 saturated carbocycles. The van der Waals surface area contributed by atoms with Gasteiger partial charge in [0.1, 0.15) is 11.6 Å². The van der Waals surface area contributed by atoms with E-state index in [-0.39, 0.29) is 11.7 Å². The van der Waals surface area contributed by atoms with Crippen molar-refractivity contribution in [3.8, 4) is 5.75 Å². The molecule has 4 nitrogen and oxygen atoms in total. The molecule has 2 aromatic carbocycles. The van der Waals surface area contributed by atoms with Gasteiger partial charge in [0.15, 0.2) is 4.80 Å². The third kappa shape index (κ3) is 3.23. The Balaban J connectivity index is 2.11. The SMILES string of the molecule is CCCn1c(=NC(=O)c2ccc(F)cc2)sc2ccc(OC)cc21. The van der Waals surface area contributed by atoms with Gasteiger partial charge in [0.05, 0.1) is 17.3 Å². The minimum atomic E-state index is -0.377. The summed E-state index contributed by atoms with van der Waals surface area (Å²) in [7, 11) is 1.63. The van der Waals surface area contributed by atoms with E-state index >= 15 is 0 Å². The van der Waals surface area contributed by atoms with Gasteiger partial charge >= 0.3 is 0 Å². The molecule has 0 N–H and O–H groups in total. The van der Waals surface area contributed by atoms with Crippen LogP contribution in [0.2, 0.25) is 0 Å². The number of carbonyl (C=O) groups excluding carboxylic acids is 1. The van der Waals surface area contributed by atoms with Crippen LogP contribution in [0.1, 0.15) is 23.7 Å². The number of fused-ring (bicyclic) bond motifs is 1. The summed E-state index contributed by atoms with van der Waals surface area (Å²) in [5, 5.41) is 0. The fraction of sp³-hybridized carbons (Fsp3) is 0.222. The van der Waals surface area contributed by atoms with E-state index in [1.54, 1.807) is 7.11 Å². The molecule has 124 valence electrons. The lowest BCUT2D eigenvalue weighted by molar-refractivity contribution is 0.0998. The third-order valence-electron chi connectivity index (χ3n) is 3.62. The number of nitrogens with zero attached hydrogens (tertiary/aromatic N) is 2. The monoisotopic (exact) mass is 344 g/mol. The number of halogens is 1. The second-order valence-corrected chi connectivity index (χ2v) is 6.30. The Bertz CT molecular complexity index is 942. The first-order valence-corrected chi connectivity index (χ1v) is 8.46. The summed E-state index contributed by atoms with van der Waals surface area (Å²) in [4.78, 5) is 17.2. The van der Waals surface area contributed by atoms with Gasteiger partial charge in [-0.3, -0.25) is 4.79 Å². The molecule has 0 spiro atoms. The number of thiazole rings is 1. The van der Waals surface area contributed by atoms with Gasteiger partial charge in [-0.1, -0.05) is 18.3 Å². The van der Waals surface area contributed by atoms with Crippen LogP contribution in [0.3, 0.4) is 0 Å². The van der Waals surface area contributed by atoms with Gasteiger partial charge in [-0.2, -0.15) is 4.99 Å². The van der Waals surface area contributed by atoms with Gasteiger partial charge in [0.2, 0.25) is 0 Å². The van der Waals surface area contributed by atoms with Crippen molar-refractivity contribution in [3.05, 3.63) is 58.6 Å². The normalized spacial score (nSPS) is 11.9. The van der Waals surface area contributed by atoms with E-state index in [1.807, 2.05) is 22.8 Å². The molecule has 1 heterocycles. The van der Waals surface area contributed by atoms with Crippen LogP contribution in [0, 0.1) is 5.82 Å². The number of aromatic nitrogens is 1. The average molecular weight is 344 g/mol. The van der Waals surface area contributed by atoms with Gasteiger partial charge in [-0.25, -0.2) is 4.39 Å². The topological polar surface area (TPSA) is 43.6 Å². The predicted molar refractivity (Wildman–Crippen MR) is 93.0 cm³/mol. The van der Waals surface area contributed by atoms with E-state index in [4.69, 9.17) is 4.74 Å². The predicted octanol–water partition coefficient (Wildman–Crippen LogP) is 4.00. The largest absolute Gasteiger partial charge is 0.497 e. The highest BCUT2D eigenvalue weighted by Gasteiger charge is 2.10. The van der Waals surface area contributed by atoms with Crippen LogP contribution in [0.25, 0.3) is 10.2 Å². The number of amides is 1. The van der Waals surface area contributed by atoms with E-state index in [0.717, 1.165) is 28.9 Å². The van der Waals surface area contributed by atoms with Gasteiger partial charge in [0.25, 0.3) is 5.91 Å². The number of carbonyl (C=O) groups is 1. The molecular formula is C18H17FN2O2S. The molecule has 24 heavy (non-hydrogen) atoms. The van der Waals surface area contributed by atoms with Crippen LogP contribution < -0.4 is 9.54 Å². The highest BCUT2D eigenvalue weighted by Crippen LogP contribution is 2.23. The molecule has 0 aliphatic carbocycles. The molecule has 0 radical (unpaired) electrons. The molecule has 1 amide bonds. The highest BCUT2D eigenvalue weighted by molar-refractivity contribution is 7.16. The van der Waals surface area contributed by atoms with Gasteiger partial charge in [0, 0.05) is 18.2 Å². The van der Waals surface area contributed by atoms with Crippen molar-refractivity contribution in [2.45, 2.75) is 19.9 Å². The molecule has 0 atom stereocenters. The van der Waals surface area contributed by atoms with Crippen molar-refractivity contribution in [2.24, 2.45) is 4.99 Å². The van der Waals surface area contributed by atoms with Crippen molar-refractivity contribution in [1.29, 1.82) is 0 Å². The Morgan fingerprint density at radius 2 is 2.00 bits per heavy atom. The van der Waals surface area contributed by atoms with Crippen LogP contribution in [0.15, 0.2) is 47.5 Å². The number of rotatable bonds is 4. The van der Waals surface area contributed by atoms with E-state index in [1.165, 1.54) is 35.6 Å². The van der Waals surface area contributed by atoms with Crippen molar-refractivity contribution >= 4 is 27.5 Å². The zero-order valence-electron chi connectivity index (χ0n) is 13.5. The number of hydrogen-bond donors (Lipinski definition) is 0. The first kappa shape index (κ1) is 16.4. The van der Waals surface area contributed by atoms with Crippen molar-refractivity contribution < 1.29 is 13.9 Å². The first-order chi connectivity index (χ1) is 11.6. The van der Waals surface area contributed by atoms with Crippen molar-refractivity contribution in [1.82, 2.24) is 4.57 Å². The summed E-state index contributed by atoms with van der Waals surface area (Å²) < 4.78 is 21.3. The smallest absolute Gasteiger partial charge is 0.279 e. The molecule has 0 aliphatic rings. The summed E-state index contributed by atoms with van der Waals surface area (Å²) in [6, 6.07) is 11.2. The zero-order valence-corrected chi connectivity index (χ0v) is 14.3. The molecule has 0 fully saturated rings. The Labute approximate surface area is 142 Å². The maximum Gasteiger partial charge on any atom is 0.279 e. The highest BCUT2D eigenvalue weighted by atomic mass is 32.1. The first-order valence-electron chi connectivity index (χ1n) is 7.64. The summed E-state index contributed by atoms with van der Waals surface area (Å²) in [6.07, 6.45) is 0.918. The minimum Gasteiger partial charge on any atom is -0.497 e. The van der Waals surface area contributed by atoms with Crippen molar-refractivity contribution in [2.75, 3.05) is 7.11 Å². The van der Waals surface area contributed by atoms with Crippen LogP contribution in [0.4, 0.5) is 4.39 Å². The fourth-order valence-electron chi connectivity index (χ4n) is 2.44. The van der Waals surface area contributed by atoms with Crippen LogP contribution in [-0.2, 0) is 6.54 Å². The Kier molecular flexibility index (Phi) is 4.76. The maximum absolute atomic E-state index is 13.0. The summed E-state index contributed by atoms with van der Waals surface area (Å²) in [5.41, 5.74) is 1.36. The van der Waals surface area contributed by atoms with Gasteiger partial charge in [-0.15, -0.1) is 0 Å². The van der Waals surface area contributed by atoms with Crippen LogP contribution >= 0.6 is 11.3 Å². The number of hydrogen-bond acceptors (Lipinski definition) is 3. The van der Waals surface area contributed by atoms with Gasteiger partial charge in [-0.05, 0) is 42.8 Å². The second-order valence-electron chi connectivity index (χ2n) is 5.29. The quantitative estimate of drug-likeness (QED) is 0.718. The third-order valence-corrected chi connectivity index (χ3v) is 4.68. The summed E-state index contributed by atoms with van der Waals surface area (Å²) in [6.45, 7) is 2.82. The standard InChI is InChI=1S/C18H17FN2O2S/c1-3-10-21-15-11-14(23-2)8-9-16(15)24-18(21)20-17(22)12-4-6-13(19)7-5-12/h4-9,11H,3,10H2,1-2H3. The zero-order chi connectivity index (χ0) is 17.1. The number of aryl methyl sites for hydroxylation is 1. The van der Waals surface area contributed by atoms with E-state index in [2.05, 4.69) is 11.9 Å². The Morgan fingerprint density at radius 1 is 1.25 bits per heavy atom. The second kappa shape index (κ2) is 6.97. The molecule has 0 aliphatic heterocycles. The molecular weight excluding hydrogens is 327 g/mol. The number of benzene rings is 2. The minimum absolute atomic E-state index is 0.370. The summed E-state index contributed by atoms with van der Waals surface area (Å²) in [5.74, 6) is 0.0153. The molecule has 3 aromatic rings. The molecule has 0 bridgehead atoms. The Hall–Kier alpha value is -2.47. The summed E-state index contributed by atoms with van der Waals surface area (Å²) >= 11 is 1.46. The van der Waals surface area contributed by atoms with E-state index in [9.17, 15) is 9.18 Å². The van der Waals surface area contributed by atoms with Crippen LogP contribution in [0.5, 0.6) is 5.75 Å². The van der Waals surface area contributed by atoms with E-state index < -0.39 is 0 Å². The van der Waals surface area contributed by atoms with Gasteiger partial charge < -0.3 is 9.30 Å². The van der Waals surface area contributed by atoms with E-state index in [0.29, 0.717) is 10.4 Å². The fourth-order valence-corrected chi connectivity index (χ4v) is 3.48. The lowest BCUT2D eigenvalue weighted by Crippen LogP contribution is -2.16. The molecule has 1 aromatic heterocycles. The van der Waals surface area contributed by atoms with Crippen molar-refractivity contribution in [3.63, 3.8) is 0 Å². The lowest BCUT2D eigenvalue weighted by atomic mass is 10.2. The number of ether oxygens (including phenoxy) is 1. The maximum atomic E-state index is 13.0. The average Bonchev–Trinajstić information content (AvgIpc) is 2.92. The molecule has 0 saturated heterocycles. The number of methoxy groups -OCH3 is 1. The van der Waals surface area contributed by atoms with Crippen LogP contribution in [-0.4, -0.2) is 17.6 Å². The molecule has 3 rings (SSSR count).